The number of anilines is 3. The van der Waals surface area contributed by atoms with Crippen LogP contribution < -0.4 is 20.5 Å². The Morgan fingerprint density at radius 3 is 2.53 bits per heavy atom. The maximum absolute atomic E-state index is 15.0. The van der Waals surface area contributed by atoms with E-state index in [0.29, 0.717) is 5.56 Å². The lowest BCUT2D eigenvalue weighted by Gasteiger charge is -2.15. The fourth-order valence-electron chi connectivity index (χ4n) is 3.29. The van der Waals surface area contributed by atoms with Crippen molar-refractivity contribution in [2.45, 2.75) is 32.2 Å². The first kappa shape index (κ1) is 23.7. The van der Waals surface area contributed by atoms with Crippen LogP contribution in [0.4, 0.5) is 30.4 Å². The SMILES string of the molecule is Cc1ccc(Nc2cc(F)c(Cc3ccnc(NS(=O)NC4CC4)c3F)cc2C(N)=O)c(F)c1. The van der Waals surface area contributed by atoms with Crippen molar-refractivity contribution < 1.29 is 22.2 Å². The second kappa shape index (κ2) is 9.82. The minimum absolute atomic E-state index is 0.00277. The summed E-state index contributed by atoms with van der Waals surface area (Å²) in [5.74, 6) is -3.22. The van der Waals surface area contributed by atoms with E-state index in [1.54, 1.807) is 13.0 Å². The molecule has 0 radical (unpaired) electrons. The molecule has 5 N–H and O–H groups in total. The van der Waals surface area contributed by atoms with Crippen LogP contribution in [0.2, 0.25) is 0 Å². The minimum Gasteiger partial charge on any atom is -0.366 e. The van der Waals surface area contributed by atoms with Gasteiger partial charge in [0.1, 0.15) is 11.6 Å². The number of nitrogens with two attached hydrogens (primary N) is 1. The highest BCUT2D eigenvalue weighted by Gasteiger charge is 2.24. The Morgan fingerprint density at radius 1 is 1.09 bits per heavy atom. The van der Waals surface area contributed by atoms with Gasteiger partial charge in [-0.25, -0.2) is 27.1 Å². The molecule has 3 aromatic rings. The number of nitrogens with one attached hydrogen (secondary N) is 3. The molecular weight excluding hydrogens is 467 g/mol. The molecule has 7 nitrogen and oxygen atoms in total. The zero-order valence-corrected chi connectivity index (χ0v) is 18.9. The number of pyridine rings is 1. The fraction of sp³-hybridized carbons (Fsp3) is 0.217. The molecule has 1 saturated carbocycles. The van der Waals surface area contributed by atoms with Crippen molar-refractivity contribution in [2.24, 2.45) is 5.73 Å². The van der Waals surface area contributed by atoms with Gasteiger partial charge < -0.3 is 11.1 Å². The largest absolute Gasteiger partial charge is 0.366 e. The highest BCUT2D eigenvalue weighted by molar-refractivity contribution is 7.84. The molecule has 1 atom stereocenters. The number of nitrogens with zero attached hydrogens (tertiary/aromatic N) is 1. The van der Waals surface area contributed by atoms with Gasteiger partial charge in [-0.2, -0.15) is 0 Å². The van der Waals surface area contributed by atoms with E-state index in [1.807, 2.05) is 0 Å². The minimum atomic E-state index is -1.72. The average molecular weight is 490 g/mol. The number of carbonyl (C=O) groups excluding carboxylic acids is 1. The van der Waals surface area contributed by atoms with Gasteiger partial charge in [0.25, 0.3) is 5.91 Å². The normalized spacial score (nSPS) is 14.0. The van der Waals surface area contributed by atoms with Crippen LogP contribution >= 0.6 is 0 Å². The average Bonchev–Trinajstić information content (AvgIpc) is 3.58. The fourth-order valence-corrected chi connectivity index (χ4v) is 4.21. The molecule has 1 heterocycles. The summed E-state index contributed by atoms with van der Waals surface area (Å²) in [6.07, 6.45) is 2.87. The van der Waals surface area contributed by atoms with Crippen LogP contribution in [0, 0.1) is 24.4 Å². The number of halogens is 3. The Balaban J connectivity index is 1.60. The summed E-state index contributed by atoms with van der Waals surface area (Å²) in [4.78, 5) is 15.9. The molecule has 4 rings (SSSR count). The first-order chi connectivity index (χ1) is 16.2. The van der Waals surface area contributed by atoms with Gasteiger partial charge in [0.2, 0.25) is 0 Å². The number of aryl methyl sites for hydroxylation is 1. The number of hydrogen-bond acceptors (Lipinski definition) is 4. The maximum atomic E-state index is 15.0. The van der Waals surface area contributed by atoms with Crippen LogP contribution in [0.1, 0.15) is 39.9 Å². The Labute approximate surface area is 196 Å². The molecule has 1 aliphatic carbocycles. The smallest absolute Gasteiger partial charge is 0.250 e. The van der Waals surface area contributed by atoms with Crippen molar-refractivity contribution in [1.82, 2.24) is 9.71 Å². The number of benzene rings is 2. The second-order valence-corrected chi connectivity index (χ2v) is 9.01. The van der Waals surface area contributed by atoms with Crippen LogP contribution in [0.5, 0.6) is 0 Å². The Bertz CT molecular complexity index is 1280. The summed E-state index contributed by atoms with van der Waals surface area (Å²) in [6, 6.07) is 8.11. The molecular formula is C23H22F3N5O2S. The molecule has 0 bridgehead atoms. The summed E-state index contributed by atoms with van der Waals surface area (Å²) in [5, 5.41) is 2.69. The lowest BCUT2D eigenvalue weighted by atomic mass is 10.0. The summed E-state index contributed by atoms with van der Waals surface area (Å²) in [7, 11) is 0. The third-order valence-corrected chi connectivity index (χ3v) is 6.16. The molecule has 1 amide bonds. The summed E-state index contributed by atoms with van der Waals surface area (Å²) in [6.45, 7) is 1.72. The van der Waals surface area contributed by atoms with Gasteiger partial charge in [-0.05, 0) is 66.8 Å². The van der Waals surface area contributed by atoms with E-state index in [2.05, 4.69) is 19.7 Å². The van der Waals surface area contributed by atoms with E-state index in [4.69, 9.17) is 5.73 Å². The first-order valence-electron chi connectivity index (χ1n) is 10.4. The van der Waals surface area contributed by atoms with Gasteiger partial charge in [-0.3, -0.25) is 9.52 Å². The monoisotopic (exact) mass is 489 g/mol. The number of primary amides is 1. The number of carbonyl (C=O) groups is 1. The van der Waals surface area contributed by atoms with Gasteiger partial charge >= 0.3 is 0 Å². The Kier molecular flexibility index (Phi) is 6.85. The third-order valence-electron chi connectivity index (χ3n) is 5.24. The topological polar surface area (TPSA) is 109 Å². The van der Waals surface area contributed by atoms with Crippen molar-refractivity contribution in [1.29, 1.82) is 0 Å². The molecule has 1 fully saturated rings. The summed E-state index contributed by atoms with van der Waals surface area (Å²) < 4.78 is 61.4. The predicted molar refractivity (Wildman–Crippen MR) is 124 cm³/mol. The number of amides is 1. The van der Waals surface area contributed by atoms with Crippen molar-refractivity contribution in [3.05, 3.63) is 82.3 Å². The van der Waals surface area contributed by atoms with E-state index >= 15 is 0 Å². The van der Waals surface area contributed by atoms with Crippen molar-refractivity contribution in [3.63, 3.8) is 0 Å². The van der Waals surface area contributed by atoms with Crippen LogP contribution in [-0.4, -0.2) is 21.1 Å². The van der Waals surface area contributed by atoms with Gasteiger partial charge in [0, 0.05) is 18.7 Å². The lowest BCUT2D eigenvalue weighted by molar-refractivity contribution is 0.100. The van der Waals surface area contributed by atoms with Gasteiger partial charge in [0.15, 0.2) is 22.8 Å². The molecule has 0 aliphatic heterocycles. The van der Waals surface area contributed by atoms with Gasteiger partial charge in [0.05, 0.1) is 16.9 Å². The highest BCUT2D eigenvalue weighted by Crippen LogP contribution is 2.28. The maximum Gasteiger partial charge on any atom is 0.250 e. The summed E-state index contributed by atoms with van der Waals surface area (Å²) >= 11 is -1.72. The molecule has 2 aromatic carbocycles. The van der Waals surface area contributed by atoms with Crippen molar-refractivity contribution in [2.75, 3.05) is 10.0 Å². The van der Waals surface area contributed by atoms with E-state index < -0.39 is 34.5 Å². The van der Waals surface area contributed by atoms with Crippen molar-refractivity contribution in [3.8, 4) is 0 Å². The lowest BCUT2D eigenvalue weighted by Crippen LogP contribution is -2.26. The molecule has 178 valence electrons. The number of aromatic nitrogens is 1. The Morgan fingerprint density at radius 2 is 1.85 bits per heavy atom. The molecule has 0 saturated heterocycles. The second-order valence-electron chi connectivity index (χ2n) is 8.03. The predicted octanol–water partition coefficient (Wildman–Crippen LogP) is 3.98. The quantitative estimate of drug-likeness (QED) is 0.365. The zero-order valence-electron chi connectivity index (χ0n) is 18.1. The highest BCUT2D eigenvalue weighted by atomic mass is 32.2. The van der Waals surface area contributed by atoms with Crippen LogP contribution in [0.3, 0.4) is 0 Å². The molecule has 34 heavy (non-hydrogen) atoms. The van der Waals surface area contributed by atoms with Crippen molar-refractivity contribution >= 4 is 34.3 Å². The van der Waals surface area contributed by atoms with Crippen LogP contribution in [0.25, 0.3) is 0 Å². The first-order valence-corrected chi connectivity index (χ1v) is 11.6. The number of rotatable bonds is 9. The Hall–Kier alpha value is -3.44. The van der Waals surface area contributed by atoms with Gasteiger partial charge in [-0.15, -0.1) is 0 Å². The molecule has 11 heteroatoms. The summed E-state index contributed by atoms with van der Waals surface area (Å²) in [5.41, 5.74) is 6.17. The van der Waals surface area contributed by atoms with Crippen LogP contribution in [0.15, 0.2) is 42.6 Å². The zero-order chi connectivity index (χ0) is 24.4. The molecule has 1 aliphatic rings. The molecule has 1 aromatic heterocycles. The standard InChI is InChI=1S/C23H22F3N5O2S/c1-12-2-5-19(18(25)8-12)29-20-11-17(24)14(10-16(20)22(27)32)9-13-6-7-28-23(21(13)26)31-34(33)30-15-3-4-15/h2,5-8,10-11,15,29-30H,3-4,9H2,1H3,(H2,27,32)(H,28,31). The van der Waals surface area contributed by atoms with E-state index in [-0.39, 0.29) is 46.3 Å². The van der Waals surface area contributed by atoms with E-state index in [9.17, 15) is 22.2 Å². The van der Waals surface area contributed by atoms with E-state index in [1.165, 1.54) is 30.5 Å². The van der Waals surface area contributed by atoms with E-state index in [0.717, 1.165) is 18.9 Å². The molecule has 0 spiro atoms. The van der Waals surface area contributed by atoms with Gasteiger partial charge in [-0.1, -0.05) is 6.07 Å². The number of hydrogen-bond donors (Lipinski definition) is 4. The molecule has 1 unspecified atom stereocenters. The third kappa shape index (κ3) is 5.54. The van der Waals surface area contributed by atoms with Crippen LogP contribution in [-0.2, 0) is 17.6 Å².